The Morgan fingerprint density at radius 2 is 1.63 bits per heavy atom. The molecular weight excluding hydrogens is 386 g/mol. The Labute approximate surface area is 173 Å². The van der Waals surface area contributed by atoms with Gasteiger partial charge in [-0.1, -0.05) is 37.3 Å². The predicted octanol–water partition coefficient (Wildman–Crippen LogP) is 0.941. The van der Waals surface area contributed by atoms with Crippen molar-refractivity contribution in [1.82, 2.24) is 25.7 Å². The summed E-state index contributed by atoms with van der Waals surface area (Å²) in [6.07, 6.45) is 0.672. The van der Waals surface area contributed by atoms with Crippen LogP contribution in [0.25, 0.3) is 11.0 Å². The molecule has 0 saturated carbocycles. The third kappa shape index (κ3) is 5.57. The molecule has 0 spiro atoms. The molecule has 9 heteroatoms. The van der Waals surface area contributed by atoms with E-state index >= 15 is 0 Å². The number of rotatable bonds is 8. The minimum absolute atomic E-state index is 0.0151. The number of nitrogens with zero attached hydrogens (tertiary/aromatic N) is 2. The standard InChI is InChI=1S/C21H23N5O4/c1-2-18-23-16-10-6-7-11-17(16)26(18)13-20(28)25-24-19(27)12-22-21(29)14-30-15-8-4-3-5-9-15/h3-11H,2,12-14H2,1H3,(H,22,29)(H,24,27)(H,25,28). The zero-order valence-corrected chi connectivity index (χ0v) is 16.6. The van der Waals surface area contributed by atoms with Crippen molar-refractivity contribution >= 4 is 28.8 Å². The van der Waals surface area contributed by atoms with Gasteiger partial charge >= 0.3 is 0 Å². The van der Waals surface area contributed by atoms with Crippen molar-refractivity contribution < 1.29 is 19.1 Å². The van der Waals surface area contributed by atoms with Gasteiger partial charge in [0.1, 0.15) is 18.1 Å². The van der Waals surface area contributed by atoms with E-state index in [1.165, 1.54) is 0 Å². The lowest BCUT2D eigenvalue weighted by Crippen LogP contribution is -2.47. The number of imidazole rings is 1. The zero-order chi connectivity index (χ0) is 21.3. The molecule has 0 atom stereocenters. The van der Waals surface area contributed by atoms with Crippen LogP contribution in [0.5, 0.6) is 5.75 Å². The van der Waals surface area contributed by atoms with Gasteiger partial charge in [-0.25, -0.2) is 4.98 Å². The van der Waals surface area contributed by atoms with Crippen LogP contribution >= 0.6 is 0 Å². The summed E-state index contributed by atoms with van der Waals surface area (Å²) in [6, 6.07) is 16.4. The van der Waals surface area contributed by atoms with E-state index in [1.54, 1.807) is 28.8 Å². The van der Waals surface area contributed by atoms with Gasteiger partial charge in [0, 0.05) is 6.42 Å². The summed E-state index contributed by atoms with van der Waals surface area (Å²) in [5, 5.41) is 2.42. The van der Waals surface area contributed by atoms with Crippen LogP contribution in [0.15, 0.2) is 54.6 Å². The minimum atomic E-state index is -0.553. The van der Waals surface area contributed by atoms with Crippen molar-refractivity contribution in [1.29, 1.82) is 0 Å². The molecule has 30 heavy (non-hydrogen) atoms. The van der Waals surface area contributed by atoms with Crippen LogP contribution in [0.3, 0.4) is 0 Å². The Bertz CT molecular complexity index is 1030. The normalized spacial score (nSPS) is 10.4. The summed E-state index contributed by atoms with van der Waals surface area (Å²) >= 11 is 0. The summed E-state index contributed by atoms with van der Waals surface area (Å²) in [6.45, 7) is 1.48. The van der Waals surface area contributed by atoms with Gasteiger partial charge < -0.3 is 14.6 Å². The smallest absolute Gasteiger partial charge is 0.258 e. The van der Waals surface area contributed by atoms with E-state index < -0.39 is 17.7 Å². The molecule has 0 aliphatic rings. The molecule has 0 aliphatic carbocycles. The second kappa shape index (κ2) is 10.1. The van der Waals surface area contributed by atoms with Gasteiger partial charge in [0.05, 0.1) is 17.6 Å². The van der Waals surface area contributed by atoms with Crippen molar-refractivity contribution in [3.05, 3.63) is 60.4 Å². The van der Waals surface area contributed by atoms with Crippen LogP contribution < -0.4 is 20.9 Å². The Kier molecular flexibility index (Phi) is 6.99. The number of carbonyl (C=O) groups excluding carboxylic acids is 3. The maximum atomic E-state index is 12.2. The first-order valence-electron chi connectivity index (χ1n) is 9.53. The van der Waals surface area contributed by atoms with E-state index in [9.17, 15) is 14.4 Å². The average molecular weight is 409 g/mol. The van der Waals surface area contributed by atoms with Crippen molar-refractivity contribution in [2.45, 2.75) is 19.9 Å². The third-order valence-corrected chi connectivity index (χ3v) is 4.25. The molecular formula is C21H23N5O4. The van der Waals surface area contributed by atoms with Gasteiger partial charge in [0.15, 0.2) is 6.61 Å². The minimum Gasteiger partial charge on any atom is -0.484 e. The van der Waals surface area contributed by atoms with E-state index in [-0.39, 0.29) is 19.7 Å². The van der Waals surface area contributed by atoms with Gasteiger partial charge in [0.25, 0.3) is 17.7 Å². The SMILES string of the molecule is CCc1nc2ccccc2n1CC(=O)NNC(=O)CNC(=O)COc1ccccc1. The number of fused-ring (bicyclic) bond motifs is 1. The fraction of sp³-hybridized carbons (Fsp3) is 0.238. The highest BCUT2D eigenvalue weighted by atomic mass is 16.5. The lowest BCUT2D eigenvalue weighted by atomic mass is 10.3. The van der Waals surface area contributed by atoms with Crippen molar-refractivity contribution in [2.24, 2.45) is 0 Å². The van der Waals surface area contributed by atoms with Gasteiger partial charge in [-0.05, 0) is 24.3 Å². The van der Waals surface area contributed by atoms with Crippen molar-refractivity contribution in [3.63, 3.8) is 0 Å². The van der Waals surface area contributed by atoms with Gasteiger partial charge in [-0.2, -0.15) is 0 Å². The molecule has 0 saturated heterocycles. The van der Waals surface area contributed by atoms with Gasteiger partial charge in [-0.15, -0.1) is 0 Å². The molecule has 156 valence electrons. The summed E-state index contributed by atoms with van der Waals surface area (Å²) in [7, 11) is 0. The number of aromatic nitrogens is 2. The lowest BCUT2D eigenvalue weighted by Gasteiger charge is -2.11. The number of carbonyl (C=O) groups is 3. The summed E-state index contributed by atoms with van der Waals surface area (Å²) in [4.78, 5) is 40.4. The van der Waals surface area contributed by atoms with Gasteiger partial charge in [-0.3, -0.25) is 25.2 Å². The number of amides is 3. The van der Waals surface area contributed by atoms with Crippen LogP contribution in [-0.2, 0) is 27.3 Å². The van der Waals surface area contributed by atoms with Crippen LogP contribution in [0.2, 0.25) is 0 Å². The molecule has 0 unspecified atom stereocenters. The largest absolute Gasteiger partial charge is 0.484 e. The van der Waals surface area contributed by atoms with Crippen LogP contribution in [0, 0.1) is 0 Å². The molecule has 0 aliphatic heterocycles. The number of hydrogen-bond donors (Lipinski definition) is 3. The number of aryl methyl sites for hydroxylation is 1. The zero-order valence-electron chi connectivity index (χ0n) is 16.6. The summed E-state index contributed by atoms with van der Waals surface area (Å²) in [5.74, 6) is -0.0634. The fourth-order valence-corrected chi connectivity index (χ4v) is 2.83. The number of benzene rings is 2. The molecule has 3 rings (SSSR count). The highest BCUT2D eigenvalue weighted by Gasteiger charge is 2.13. The molecule has 1 aromatic heterocycles. The van der Waals surface area contributed by atoms with Crippen molar-refractivity contribution in [2.75, 3.05) is 13.2 Å². The topological polar surface area (TPSA) is 114 Å². The van der Waals surface area contributed by atoms with Crippen LogP contribution in [0.4, 0.5) is 0 Å². The second-order valence-corrected chi connectivity index (χ2v) is 6.43. The van der Waals surface area contributed by atoms with Crippen molar-refractivity contribution in [3.8, 4) is 5.75 Å². The molecule has 3 N–H and O–H groups in total. The number of nitrogens with one attached hydrogen (secondary N) is 3. The molecule has 3 aromatic rings. The van der Waals surface area contributed by atoms with E-state index in [1.807, 2.05) is 37.3 Å². The average Bonchev–Trinajstić information content (AvgIpc) is 3.13. The molecule has 3 amide bonds. The summed E-state index contributed by atoms with van der Waals surface area (Å²) in [5.41, 5.74) is 6.29. The molecule has 2 aromatic carbocycles. The van der Waals surface area contributed by atoms with E-state index in [2.05, 4.69) is 21.2 Å². The van der Waals surface area contributed by atoms with E-state index in [0.717, 1.165) is 16.9 Å². The molecule has 0 fully saturated rings. The fourth-order valence-electron chi connectivity index (χ4n) is 2.83. The maximum absolute atomic E-state index is 12.2. The predicted molar refractivity (Wildman–Crippen MR) is 110 cm³/mol. The molecule has 1 heterocycles. The maximum Gasteiger partial charge on any atom is 0.258 e. The van der Waals surface area contributed by atoms with Gasteiger partial charge in [0.2, 0.25) is 0 Å². The first-order valence-corrected chi connectivity index (χ1v) is 9.53. The Morgan fingerprint density at radius 3 is 2.40 bits per heavy atom. The summed E-state index contributed by atoms with van der Waals surface area (Å²) < 4.78 is 7.10. The third-order valence-electron chi connectivity index (χ3n) is 4.25. The highest BCUT2D eigenvalue weighted by molar-refractivity contribution is 5.87. The number of para-hydroxylation sites is 3. The number of hydrazine groups is 1. The second-order valence-electron chi connectivity index (χ2n) is 6.43. The quantitative estimate of drug-likeness (QED) is 0.479. The lowest BCUT2D eigenvalue weighted by molar-refractivity contribution is -0.130. The molecule has 0 bridgehead atoms. The molecule has 0 radical (unpaired) electrons. The number of ether oxygens (including phenoxy) is 1. The Balaban J connectivity index is 1.41. The monoisotopic (exact) mass is 409 g/mol. The Hall–Kier alpha value is -3.88. The first kappa shape index (κ1) is 20.8. The number of hydrogen-bond acceptors (Lipinski definition) is 5. The van der Waals surface area contributed by atoms with Crippen LogP contribution in [0.1, 0.15) is 12.7 Å². The Morgan fingerprint density at radius 1 is 0.933 bits per heavy atom. The van der Waals surface area contributed by atoms with E-state index in [4.69, 9.17) is 4.74 Å². The first-order chi connectivity index (χ1) is 14.6. The van der Waals surface area contributed by atoms with Crippen LogP contribution in [-0.4, -0.2) is 40.4 Å². The molecule has 9 nitrogen and oxygen atoms in total. The van der Waals surface area contributed by atoms with E-state index in [0.29, 0.717) is 12.2 Å². The highest BCUT2D eigenvalue weighted by Crippen LogP contribution is 2.16.